The van der Waals surface area contributed by atoms with Gasteiger partial charge in [-0.05, 0) is 75.2 Å². The van der Waals surface area contributed by atoms with Gasteiger partial charge in [-0.25, -0.2) is 14.8 Å². The molecule has 3 amide bonds. The monoisotopic (exact) mass is 770 g/mol. The molecule has 0 radical (unpaired) electrons. The number of aromatic nitrogens is 4. The van der Waals surface area contributed by atoms with E-state index in [4.69, 9.17) is 37.8 Å². The van der Waals surface area contributed by atoms with E-state index in [1.54, 1.807) is 60.2 Å². The number of piperidine rings is 1. The van der Waals surface area contributed by atoms with E-state index in [9.17, 15) is 19.2 Å². The molecule has 2 aromatic carbocycles. The molecule has 1 aliphatic heterocycles. The van der Waals surface area contributed by atoms with Crippen LogP contribution in [0.4, 0.5) is 11.4 Å². The van der Waals surface area contributed by atoms with E-state index in [0.717, 1.165) is 25.9 Å². The molecular formula is C36H44Cl2N8O7. The van der Waals surface area contributed by atoms with Gasteiger partial charge in [-0.1, -0.05) is 23.2 Å². The first kappa shape index (κ1) is 41.0. The highest BCUT2D eigenvalue weighted by molar-refractivity contribution is 6.31. The first-order valence-corrected chi connectivity index (χ1v) is 17.6. The van der Waals surface area contributed by atoms with E-state index < -0.39 is 5.97 Å². The number of nitrogens with zero attached hydrogens (tertiary/aromatic N) is 5. The van der Waals surface area contributed by atoms with Crippen LogP contribution in [0.2, 0.25) is 10.0 Å². The molecule has 0 aliphatic carbocycles. The number of carboxylic acids is 1. The minimum atomic E-state index is -1.16. The summed E-state index contributed by atoms with van der Waals surface area (Å²) in [6, 6.07) is 14.1. The number of benzene rings is 2. The summed E-state index contributed by atoms with van der Waals surface area (Å²) in [6.45, 7) is 6.49. The number of carbonyl (C=O) groups excluding carboxylic acids is 3. The fraction of sp³-hybridized carbons (Fsp3) is 0.389. The summed E-state index contributed by atoms with van der Waals surface area (Å²) in [6.07, 6.45) is 4.61. The number of methoxy groups -OCH3 is 2. The maximum absolute atomic E-state index is 13.0. The number of nitrogens with one attached hydrogen (secondary N) is 3. The smallest absolute Gasteiger partial charge is 0.356 e. The quantitative estimate of drug-likeness (QED) is 0.137. The predicted octanol–water partition coefficient (Wildman–Crippen LogP) is 4.94. The third-order valence-electron chi connectivity index (χ3n) is 8.26. The largest absolute Gasteiger partial charge is 0.476 e. The zero-order valence-corrected chi connectivity index (χ0v) is 31.5. The molecule has 1 fully saturated rings. The van der Waals surface area contributed by atoms with Gasteiger partial charge in [0.2, 0.25) is 11.8 Å². The van der Waals surface area contributed by atoms with Gasteiger partial charge in [0.25, 0.3) is 5.91 Å². The lowest BCUT2D eigenvalue weighted by atomic mass is 10.0. The number of halogens is 2. The lowest BCUT2D eigenvalue weighted by Gasteiger charge is -2.34. The van der Waals surface area contributed by atoms with Crippen LogP contribution < -0.4 is 16.0 Å². The number of carbonyl (C=O) groups is 4. The lowest BCUT2D eigenvalue weighted by Crippen LogP contribution is -2.47. The van der Waals surface area contributed by atoms with Crippen LogP contribution in [-0.2, 0) is 45.4 Å². The molecule has 4 N–H and O–H groups in total. The number of ether oxygens (including phenoxy) is 2. The molecule has 1 saturated heterocycles. The van der Waals surface area contributed by atoms with Gasteiger partial charge in [-0.3, -0.25) is 14.4 Å². The molecule has 0 bridgehead atoms. The maximum atomic E-state index is 13.0. The van der Waals surface area contributed by atoms with Crippen LogP contribution in [0.3, 0.4) is 0 Å². The van der Waals surface area contributed by atoms with Crippen LogP contribution >= 0.6 is 23.2 Å². The normalized spacial score (nSPS) is 13.3. The Kier molecular flexibility index (Phi) is 15.4. The number of aromatic carboxylic acids is 1. The second-order valence-electron chi connectivity index (χ2n) is 12.5. The Morgan fingerprint density at radius 2 is 1.38 bits per heavy atom. The summed E-state index contributed by atoms with van der Waals surface area (Å²) in [5.41, 5.74) is 1.45. The van der Waals surface area contributed by atoms with Gasteiger partial charge in [-0.15, -0.1) is 0 Å². The third kappa shape index (κ3) is 12.4. The van der Waals surface area contributed by atoms with Crippen molar-refractivity contribution in [2.24, 2.45) is 0 Å². The Labute approximate surface area is 317 Å². The first-order valence-electron chi connectivity index (χ1n) is 16.8. The topological polar surface area (TPSA) is 182 Å². The molecule has 284 valence electrons. The zero-order valence-electron chi connectivity index (χ0n) is 30.0. The average Bonchev–Trinajstić information content (AvgIpc) is 3.71. The van der Waals surface area contributed by atoms with Gasteiger partial charge in [-0.2, -0.15) is 0 Å². The summed E-state index contributed by atoms with van der Waals surface area (Å²) in [7, 11) is 3.02. The molecule has 2 aromatic heterocycles. The Balaban J connectivity index is 0.000000251. The lowest BCUT2D eigenvalue weighted by molar-refractivity contribution is -0.117. The summed E-state index contributed by atoms with van der Waals surface area (Å²) >= 11 is 11.7. The van der Waals surface area contributed by atoms with E-state index in [1.807, 2.05) is 0 Å². The minimum absolute atomic E-state index is 0.0458. The Morgan fingerprint density at radius 1 is 0.849 bits per heavy atom. The molecule has 4 aromatic rings. The van der Waals surface area contributed by atoms with Crippen molar-refractivity contribution in [3.05, 3.63) is 94.0 Å². The molecule has 53 heavy (non-hydrogen) atoms. The van der Waals surface area contributed by atoms with E-state index in [-0.39, 0.29) is 55.8 Å². The summed E-state index contributed by atoms with van der Waals surface area (Å²) in [5.74, 6) is -1.07. The summed E-state index contributed by atoms with van der Waals surface area (Å²) in [4.78, 5) is 59.2. The standard InChI is InChI=1S/C22H30ClN5O3.C14H14ClN3O4/c1-15(2)27-10-8-18(9-11-27)26-22(30)19-12-24-20(14-31-3)28(19)13-21(29)25-17-6-4-16(23)5-7-17;1-22-8-12-17-11(14(20)21)6-18(12)7-13(19)16-10-4-2-9(15)3-5-10/h4-7,12,15,18H,8-11,13-14H2,1-3H3,(H,25,29)(H,26,30);2-6H,7-8H2,1H3,(H,16,19)(H,20,21). The van der Waals surface area contributed by atoms with Crippen molar-refractivity contribution in [1.82, 2.24) is 29.3 Å². The van der Waals surface area contributed by atoms with Crippen LogP contribution in [0.25, 0.3) is 0 Å². The van der Waals surface area contributed by atoms with Gasteiger partial charge >= 0.3 is 5.97 Å². The van der Waals surface area contributed by atoms with Crippen molar-refractivity contribution in [1.29, 1.82) is 0 Å². The number of anilines is 2. The fourth-order valence-electron chi connectivity index (χ4n) is 5.54. The molecule has 0 spiro atoms. The van der Waals surface area contributed by atoms with Crippen molar-refractivity contribution in [2.45, 2.75) is 65.1 Å². The van der Waals surface area contributed by atoms with Crippen molar-refractivity contribution in [2.75, 3.05) is 37.9 Å². The van der Waals surface area contributed by atoms with Crippen molar-refractivity contribution >= 4 is 58.3 Å². The molecule has 1 aliphatic rings. The van der Waals surface area contributed by atoms with E-state index in [1.165, 1.54) is 24.1 Å². The molecule has 3 heterocycles. The number of hydrogen-bond donors (Lipinski definition) is 4. The SMILES string of the molecule is COCc1nc(C(=O)O)cn1CC(=O)Nc1ccc(Cl)cc1.COCc1ncc(C(=O)NC2CCN(C(C)C)CC2)n1CC(=O)Nc1ccc(Cl)cc1. The van der Waals surface area contributed by atoms with Gasteiger partial charge in [0.15, 0.2) is 5.69 Å². The first-order chi connectivity index (χ1) is 25.4. The number of imidazole rings is 2. The Bertz CT molecular complexity index is 1840. The van der Waals surface area contributed by atoms with Crippen molar-refractivity contribution in [3.8, 4) is 0 Å². The second kappa shape index (κ2) is 19.9. The highest BCUT2D eigenvalue weighted by atomic mass is 35.5. The minimum Gasteiger partial charge on any atom is -0.476 e. The van der Waals surface area contributed by atoms with Crippen LogP contribution in [0, 0.1) is 0 Å². The van der Waals surface area contributed by atoms with E-state index in [0.29, 0.717) is 44.8 Å². The van der Waals surface area contributed by atoms with Crippen LogP contribution in [0.5, 0.6) is 0 Å². The van der Waals surface area contributed by atoms with Crippen molar-refractivity contribution < 1.29 is 33.8 Å². The summed E-state index contributed by atoms with van der Waals surface area (Å²) < 4.78 is 13.2. The van der Waals surface area contributed by atoms with Gasteiger partial charge < -0.3 is 44.6 Å². The van der Waals surface area contributed by atoms with Gasteiger partial charge in [0.1, 0.15) is 43.6 Å². The second-order valence-corrected chi connectivity index (χ2v) is 13.3. The van der Waals surface area contributed by atoms with Crippen LogP contribution in [0.15, 0.2) is 60.9 Å². The number of amides is 3. The van der Waals surface area contributed by atoms with Gasteiger partial charge in [0.05, 0.1) is 6.20 Å². The fourth-order valence-corrected chi connectivity index (χ4v) is 5.79. The van der Waals surface area contributed by atoms with Crippen LogP contribution in [0.1, 0.15) is 59.3 Å². The van der Waals surface area contributed by atoms with E-state index in [2.05, 4.69) is 44.7 Å². The van der Waals surface area contributed by atoms with Crippen LogP contribution in [-0.4, -0.2) is 92.2 Å². The number of likely N-dealkylation sites (tertiary alicyclic amines) is 1. The Hall–Kier alpha value is -4.80. The number of rotatable bonds is 14. The predicted molar refractivity (Wildman–Crippen MR) is 200 cm³/mol. The molecule has 0 saturated carbocycles. The van der Waals surface area contributed by atoms with Gasteiger partial charge in [0, 0.05) is 67.0 Å². The number of hydrogen-bond acceptors (Lipinski definition) is 9. The van der Waals surface area contributed by atoms with Crippen molar-refractivity contribution in [3.63, 3.8) is 0 Å². The molecule has 17 heteroatoms. The average molecular weight is 772 g/mol. The number of carboxylic acid groups (broad SMARTS) is 1. The molecule has 0 atom stereocenters. The molecule has 5 rings (SSSR count). The Morgan fingerprint density at radius 3 is 1.89 bits per heavy atom. The summed E-state index contributed by atoms with van der Waals surface area (Å²) in [5, 5.41) is 18.7. The molecular weight excluding hydrogens is 727 g/mol. The van der Waals surface area contributed by atoms with E-state index >= 15 is 0 Å². The maximum Gasteiger partial charge on any atom is 0.356 e. The third-order valence-corrected chi connectivity index (χ3v) is 8.77. The zero-order chi connectivity index (χ0) is 38.5. The highest BCUT2D eigenvalue weighted by Crippen LogP contribution is 2.17. The molecule has 0 unspecified atom stereocenters. The highest BCUT2D eigenvalue weighted by Gasteiger charge is 2.25. The molecule has 15 nitrogen and oxygen atoms in total.